The number of hydrogen-bond acceptors (Lipinski definition) is 1. The minimum absolute atomic E-state index is 1.06. The summed E-state index contributed by atoms with van der Waals surface area (Å²) in [5.41, 5.74) is 1.20. The second-order valence-electron chi connectivity index (χ2n) is 2.16. The van der Waals surface area contributed by atoms with Crippen molar-refractivity contribution >= 4 is 5.71 Å². The smallest absolute Gasteiger partial charge is 0.0276 e. The largest absolute Gasteiger partial charge is 0.298 e. The third-order valence-electron chi connectivity index (χ3n) is 1.33. The first-order valence-electron chi connectivity index (χ1n) is 3.51. The molecule has 56 valence electrons. The van der Waals surface area contributed by atoms with E-state index in [1.165, 1.54) is 5.71 Å². The Morgan fingerprint density at radius 1 is 1.60 bits per heavy atom. The predicted octanol–water partition coefficient (Wildman–Crippen LogP) is 2.60. The van der Waals surface area contributed by atoms with Gasteiger partial charge in [0.05, 0.1) is 0 Å². The summed E-state index contributed by atoms with van der Waals surface area (Å²) in [4.78, 5) is 4.04. The van der Waals surface area contributed by atoms with Gasteiger partial charge in [-0.3, -0.25) is 4.99 Å². The fraction of sp³-hybridized carbons (Fsp3) is 0.444. The zero-order chi connectivity index (χ0) is 7.82. The first kappa shape index (κ1) is 9.15. The molecule has 0 atom stereocenters. The van der Waals surface area contributed by atoms with Gasteiger partial charge in [0.1, 0.15) is 0 Å². The summed E-state index contributed by atoms with van der Waals surface area (Å²) in [7, 11) is 1.83. The van der Waals surface area contributed by atoms with E-state index < -0.39 is 0 Å². The van der Waals surface area contributed by atoms with Gasteiger partial charge in [0, 0.05) is 12.8 Å². The fourth-order valence-electron chi connectivity index (χ4n) is 0.596. The molecule has 0 aliphatic carbocycles. The number of nitrogens with zero attached hydrogens (tertiary/aromatic N) is 1. The van der Waals surface area contributed by atoms with E-state index in [1.54, 1.807) is 6.08 Å². The molecular weight excluding hydrogens is 122 g/mol. The quantitative estimate of drug-likeness (QED) is 0.417. The molecule has 0 aromatic heterocycles. The average molecular weight is 137 g/mol. The summed E-state index contributed by atoms with van der Waals surface area (Å²) in [6.07, 6.45) is 7.97. The molecule has 0 rings (SSSR count). The Labute approximate surface area is 63.2 Å². The molecule has 0 heterocycles. The summed E-state index contributed by atoms with van der Waals surface area (Å²) in [5, 5.41) is 0. The molecule has 0 bridgehead atoms. The number of aliphatic imine (C=N–C) groups is 1. The van der Waals surface area contributed by atoms with E-state index in [-0.39, 0.29) is 0 Å². The van der Waals surface area contributed by atoms with Crippen molar-refractivity contribution < 1.29 is 0 Å². The summed E-state index contributed by atoms with van der Waals surface area (Å²) in [6, 6.07) is 0. The number of allylic oxidation sites excluding steroid dienone is 3. The molecule has 1 heteroatoms. The van der Waals surface area contributed by atoms with E-state index in [4.69, 9.17) is 0 Å². The molecule has 0 saturated carbocycles. The van der Waals surface area contributed by atoms with Crippen LogP contribution < -0.4 is 0 Å². The molecular formula is C9H15N. The lowest BCUT2D eigenvalue weighted by atomic mass is 10.2. The standard InChI is InChI=1S/C9H15N/c1-4-5-6-7-8-9(2)10-3/h4-6H,1,7-8H2,2-3H3/b6-5-,10-9-. The lowest BCUT2D eigenvalue weighted by molar-refractivity contribution is 1.08. The highest BCUT2D eigenvalue weighted by Crippen LogP contribution is 1.93. The van der Waals surface area contributed by atoms with Crippen LogP contribution in [0.3, 0.4) is 0 Å². The van der Waals surface area contributed by atoms with Crippen molar-refractivity contribution in [2.45, 2.75) is 19.8 Å². The van der Waals surface area contributed by atoms with E-state index in [0.717, 1.165) is 12.8 Å². The Morgan fingerprint density at radius 2 is 2.30 bits per heavy atom. The molecule has 0 saturated heterocycles. The topological polar surface area (TPSA) is 12.4 Å². The van der Waals surface area contributed by atoms with Gasteiger partial charge in [-0.05, 0) is 19.8 Å². The van der Waals surface area contributed by atoms with Crippen LogP contribution in [0.15, 0.2) is 29.8 Å². The van der Waals surface area contributed by atoms with Gasteiger partial charge < -0.3 is 0 Å². The van der Waals surface area contributed by atoms with Gasteiger partial charge in [0.2, 0.25) is 0 Å². The molecule has 0 unspecified atom stereocenters. The van der Waals surface area contributed by atoms with Crippen molar-refractivity contribution in [1.29, 1.82) is 0 Å². The highest BCUT2D eigenvalue weighted by atomic mass is 14.7. The third kappa shape index (κ3) is 5.29. The summed E-state index contributed by atoms with van der Waals surface area (Å²) < 4.78 is 0. The van der Waals surface area contributed by atoms with Crippen LogP contribution in [0.2, 0.25) is 0 Å². The minimum Gasteiger partial charge on any atom is -0.298 e. The lowest BCUT2D eigenvalue weighted by Crippen LogP contribution is -1.87. The number of hydrogen-bond donors (Lipinski definition) is 0. The molecule has 0 radical (unpaired) electrons. The van der Waals surface area contributed by atoms with Crippen LogP contribution in [-0.2, 0) is 0 Å². The Bertz CT molecular complexity index is 143. The zero-order valence-corrected chi connectivity index (χ0v) is 6.80. The average Bonchev–Trinajstić information content (AvgIpc) is 1.98. The van der Waals surface area contributed by atoms with E-state index in [2.05, 4.69) is 17.6 Å². The van der Waals surface area contributed by atoms with Gasteiger partial charge >= 0.3 is 0 Å². The van der Waals surface area contributed by atoms with Crippen molar-refractivity contribution in [1.82, 2.24) is 0 Å². The van der Waals surface area contributed by atoms with Crippen LogP contribution in [-0.4, -0.2) is 12.8 Å². The van der Waals surface area contributed by atoms with Crippen molar-refractivity contribution in [3.05, 3.63) is 24.8 Å². The molecule has 10 heavy (non-hydrogen) atoms. The second kappa shape index (κ2) is 6.27. The molecule has 0 aliphatic rings. The van der Waals surface area contributed by atoms with Gasteiger partial charge in [-0.2, -0.15) is 0 Å². The van der Waals surface area contributed by atoms with Crippen molar-refractivity contribution in [2.75, 3.05) is 7.05 Å². The molecule has 0 aromatic carbocycles. The summed E-state index contributed by atoms with van der Waals surface area (Å²) in [5.74, 6) is 0. The van der Waals surface area contributed by atoms with E-state index in [9.17, 15) is 0 Å². The Hall–Kier alpha value is -0.850. The first-order valence-corrected chi connectivity index (χ1v) is 3.51. The predicted molar refractivity (Wildman–Crippen MR) is 47.6 cm³/mol. The van der Waals surface area contributed by atoms with Crippen molar-refractivity contribution in [3.8, 4) is 0 Å². The summed E-state index contributed by atoms with van der Waals surface area (Å²) >= 11 is 0. The van der Waals surface area contributed by atoms with E-state index in [1.807, 2.05) is 20.0 Å². The van der Waals surface area contributed by atoms with Crippen LogP contribution in [0.25, 0.3) is 0 Å². The highest BCUT2D eigenvalue weighted by molar-refractivity contribution is 5.81. The first-order chi connectivity index (χ1) is 4.81. The molecule has 0 aliphatic heterocycles. The van der Waals surface area contributed by atoms with Crippen molar-refractivity contribution in [2.24, 2.45) is 4.99 Å². The molecule has 0 N–H and O–H groups in total. The molecule has 0 aromatic rings. The second-order valence-corrected chi connectivity index (χ2v) is 2.16. The van der Waals surface area contributed by atoms with Gasteiger partial charge in [0.15, 0.2) is 0 Å². The molecule has 0 fully saturated rings. The summed E-state index contributed by atoms with van der Waals surface area (Å²) in [6.45, 7) is 5.62. The fourth-order valence-corrected chi connectivity index (χ4v) is 0.596. The van der Waals surface area contributed by atoms with Crippen LogP contribution in [0.5, 0.6) is 0 Å². The lowest BCUT2D eigenvalue weighted by Gasteiger charge is -1.92. The van der Waals surface area contributed by atoms with Gasteiger partial charge in [-0.15, -0.1) is 0 Å². The maximum absolute atomic E-state index is 4.04. The van der Waals surface area contributed by atoms with Gasteiger partial charge in [-0.25, -0.2) is 0 Å². The molecule has 1 nitrogen and oxygen atoms in total. The Balaban J connectivity index is 3.36. The monoisotopic (exact) mass is 137 g/mol. The molecule has 0 spiro atoms. The van der Waals surface area contributed by atoms with Crippen LogP contribution in [0.4, 0.5) is 0 Å². The van der Waals surface area contributed by atoms with E-state index >= 15 is 0 Å². The van der Waals surface area contributed by atoms with Crippen LogP contribution >= 0.6 is 0 Å². The van der Waals surface area contributed by atoms with Gasteiger partial charge in [0.25, 0.3) is 0 Å². The molecule has 0 amide bonds. The van der Waals surface area contributed by atoms with Crippen molar-refractivity contribution in [3.63, 3.8) is 0 Å². The Morgan fingerprint density at radius 3 is 2.80 bits per heavy atom. The highest BCUT2D eigenvalue weighted by Gasteiger charge is 1.84. The van der Waals surface area contributed by atoms with E-state index in [0.29, 0.717) is 0 Å². The van der Waals surface area contributed by atoms with Crippen LogP contribution in [0.1, 0.15) is 19.8 Å². The van der Waals surface area contributed by atoms with Crippen LogP contribution in [0, 0.1) is 0 Å². The SMILES string of the molecule is C=C/C=C\CC/C(C)=N\C. The number of rotatable bonds is 4. The maximum Gasteiger partial charge on any atom is 0.0276 e. The minimum atomic E-state index is 1.06. The normalized spacial score (nSPS) is 12.4. The maximum atomic E-state index is 4.04. The van der Waals surface area contributed by atoms with Gasteiger partial charge in [-0.1, -0.05) is 24.8 Å². The Kier molecular flexibility index (Phi) is 5.74. The third-order valence-corrected chi connectivity index (χ3v) is 1.33. The zero-order valence-electron chi connectivity index (χ0n) is 6.80.